The van der Waals surface area contributed by atoms with Gasteiger partial charge in [-0.05, 0) is 50.8 Å². The van der Waals surface area contributed by atoms with E-state index in [4.69, 9.17) is 0 Å². The van der Waals surface area contributed by atoms with Crippen LogP contribution in [-0.4, -0.2) is 49.4 Å². The zero-order valence-electron chi connectivity index (χ0n) is 15.7. The van der Waals surface area contributed by atoms with Crippen molar-refractivity contribution in [3.05, 3.63) is 29.8 Å². The summed E-state index contributed by atoms with van der Waals surface area (Å²) < 4.78 is 0. The smallest absolute Gasteiger partial charge is 0.234 e. The number of hydrogen-bond donors (Lipinski definition) is 1. The van der Waals surface area contributed by atoms with Crippen LogP contribution in [0, 0.1) is 5.41 Å². The van der Waals surface area contributed by atoms with Crippen LogP contribution in [0.1, 0.15) is 50.5 Å². The van der Waals surface area contributed by atoms with Crippen LogP contribution in [0.2, 0.25) is 0 Å². The number of piperidine rings is 1. The van der Waals surface area contributed by atoms with E-state index in [1.807, 2.05) is 15.9 Å². The first-order valence-electron chi connectivity index (χ1n) is 9.98. The Kier molecular flexibility index (Phi) is 4.74. The molecule has 2 amide bonds. The molecule has 26 heavy (non-hydrogen) atoms. The third-order valence-corrected chi connectivity index (χ3v) is 6.35. The highest BCUT2D eigenvalue weighted by Gasteiger charge is 2.42. The average Bonchev–Trinajstić information content (AvgIpc) is 3.23. The Balaban J connectivity index is 1.50. The predicted molar refractivity (Wildman–Crippen MR) is 102 cm³/mol. The Labute approximate surface area is 155 Å². The molecule has 3 aliphatic rings. The highest BCUT2D eigenvalue weighted by atomic mass is 16.2. The summed E-state index contributed by atoms with van der Waals surface area (Å²) in [4.78, 5) is 29.3. The summed E-state index contributed by atoms with van der Waals surface area (Å²) in [5.41, 5.74) is 2.02. The molecule has 2 unspecified atom stereocenters. The van der Waals surface area contributed by atoms with Gasteiger partial charge >= 0.3 is 0 Å². The van der Waals surface area contributed by atoms with Crippen LogP contribution < -0.4 is 10.2 Å². The van der Waals surface area contributed by atoms with E-state index in [0.29, 0.717) is 12.3 Å². The number of rotatable bonds is 4. The normalized spacial score (nSPS) is 28.5. The molecule has 0 radical (unpaired) electrons. The Morgan fingerprint density at radius 1 is 1.31 bits per heavy atom. The second kappa shape index (κ2) is 7.03. The maximum atomic E-state index is 13.4. The van der Waals surface area contributed by atoms with Crippen molar-refractivity contribution in [2.75, 3.05) is 37.6 Å². The van der Waals surface area contributed by atoms with E-state index in [2.05, 4.69) is 30.4 Å². The molecular formula is C21H29N3O2. The van der Waals surface area contributed by atoms with E-state index in [-0.39, 0.29) is 17.2 Å². The third kappa shape index (κ3) is 3.13. The van der Waals surface area contributed by atoms with Crippen molar-refractivity contribution in [3.8, 4) is 0 Å². The Morgan fingerprint density at radius 3 is 2.88 bits per heavy atom. The highest BCUT2D eigenvalue weighted by Crippen LogP contribution is 2.41. The molecule has 2 saturated heterocycles. The van der Waals surface area contributed by atoms with Crippen molar-refractivity contribution < 1.29 is 9.59 Å². The van der Waals surface area contributed by atoms with E-state index in [0.717, 1.165) is 64.1 Å². The van der Waals surface area contributed by atoms with Gasteiger partial charge in [-0.3, -0.25) is 9.59 Å². The fourth-order valence-corrected chi connectivity index (χ4v) is 4.75. The molecule has 0 spiro atoms. The largest absolute Gasteiger partial charge is 0.343 e. The molecule has 1 aromatic rings. The number of nitrogens with zero attached hydrogens (tertiary/aromatic N) is 2. The van der Waals surface area contributed by atoms with Gasteiger partial charge in [-0.25, -0.2) is 0 Å². The first-order chi connectivity index (χ1) is 12.6. The van der Waals surface area contributed by atoms with Crippen molar-refractivity contribution in [2.45, 2.75) is 44.9 Å². The second-order valence-corrected chi connectivity index (χ2v) is 8.29. The molecule has 5 nitrogen and oxygen atoms in total. The lowest BCUT2D eigenvalue weighted by Crippen LogP contribution is -2.50. The van der Waals surface area contributed by atoms with Gasteiger partial charge in [0.1, 0.15) is 0 Å². The van der Waals surface area contributed by atoms with Crippen LogP contribution in [0.3, 0.4) is 0 Å². The van der Waals surface area contributed by atoms with E-state index in [9.17, 15) is 9.59 Å². The fourth-order valence-electron chi connectivity index (χ4n) is 4.75. The standard InChI is InChI=1S/C21H29N3O2/c1-21(10-5-11-22-15-21)20(26)24-14-16(17-6-2-3-7-18(17)24)9-13-23-12-4-8-19(23)25/h2-3,6-7,16,22H,4-5,8-15H2,1H3. The molecule has 0 aromatic heterocycles. The number of amides is 2. The van der Waals surface area contributed by atoms with Crippen molar-refractivity contribution in [1.29, 1.82) is 0 Å². The van der Waals surface area contributed by atoms with Crippen LogP contribution >= 0.6 is 0 Å². The summed E-state index contributed by atoms with van der Waals surface area (Å²) in [6.07, 6.45) is 4.61. The van der Waals surface area contributed by atoms with Crippen LogP contribution in [0.4, 0.5) is 5.69 Å². The molecular weight excluding hydrogens is 326 g/mol. The van der Waals surface area contributed by atoms with Crippen LogP contribution in [0.25, 0.3) is 0 Å². The first-order valence-corrected chi connectivity index (χ1v) is 9.98. The number of carbonyl (C=O) groups is 2. The number of nitrogens with one attached hydrogen (secondary N) is 1. The van der Waals surface area contributed by atoms with E-state index >= 15 is 0 Å². The van der Waals surface area contributed by atoms with Gasteiger partial charge in [0.2, 0.25) is 11.8 Å². The quantitative estimate of drug-likeness (QED) is 0.903. The number of hydrogen-bond acceptors (Lipinski definition) is 3. The van der Waals surface area contributed by atoms with Gasteiger partial charge in [-0.15, -0.1) is 0 Å². The lowest BCUT2D eigenvalue weighted by Gasteiger charge is -2.36. The summed E-state index contributed by atoms with van der Waals surface area (Å²) in [6.45, 7) is 6.30. The minimum Gasteiger partial charge on any atom is -0.343 e. The lowest BCUT2D eigenvalue weighted by molar-refractivity contribution is -0.129. The topological polar surface area (TPSA) is 52.7 Å². The maximum Gasteiger partial charge on any atom is 0.234 e. The van der Waals surface area contributed by atoms with Crippen LogP contribution in [0.5, 0.6) is 0 Å². The van der Waals surface area contributed by atoms with Crippen LogP contribution in [-0.2, 0) is 9.59 Å². The Bertz CT molecular complexity index is 696. The minimum atomic E-state index is -0.314. The highest BCUT2D eigenvalue weighted by molar-refractivity contribution is 5.99. The summed E-state index contributed by atoms with van der Waals surface area (Å²) in [5.74, 6) is 0.852. The molecule has 0 aliphatic carbocycles. The van der Waals surface area contributed by atoms with Gasteiger partial charge in [0, 0.05) is 44.2 Å². The minimum absolute atomic E-state index is 0.247. The second-order valence-electron chi connectivity index (χ2n) is 8.29. The molecule has 3 heterocycles. The number of para-hydroxylation sites is 1. The molecule has 1 N–H and O–H groups in total. The Hall–Kier alpha value is -1.88. The van der Waals surface area contributed by atoms with E-state index < -0.39 is 0 Å². The molecule has 5 heteroatoms. The molecule has 0 saturated carbocycles. The number of fused-ring (bicyclic) bond motifs is 1. The molecule has 0 bridgehead atoms. The molecule has 1 aromatic carbocycles. The Morgan fingerprint density at radius 2 is 2.15 bits per heavy atom. The molecule has 2 fully saturated rings. The molecule has 2 atom stereocenters. The average molecular weight is 355 g/mol. The number of benzene rings is 1. The summed E-state index contributed by atoms with van der Waals surface area (Å²) in [7, 11) is 0. The first kappa shape index (κ1) is 17.5. The van der Waals surface area contributed by atoms with Gasteiger partial charge in [-0.2, -0.15) is 0 Å². The molecule has 3 aliphatic heterocycles. The monoisotopic (exact) mass is 355 g/mol. The van der Waals surface area contributed by atoms with E-state index in [1.165, 1.54) is 5.56 Å². The summed E-state index contributed by atoms with van der Waals surface area (Å²) in [5, 5.41) is 3.39. The third-order valence-electron chi connectivity index (χ3n) is 6.35. The van der Waals surface area contributed by atoms with Crippen molar-refractivity contribution in [1.82, 2.24) is 10.2 Å². The summed E-state index contributed by atoms with van der Waals surface area (Å²) >= 11 is 0. The van der Waals surface area contributed by atoms with Crippen molar-refractivity contribution >= 4 is 17.5 Å². The van der Waals surface area contributed by atoms with Gasteiger partial charge in [-0.1, -0.05) is 18.2 Å². The van der Waals surface area contributed by atoms with E-state index in [1.54, 1.807) is 0 Å². The molecule has 140 valence electrons. The number of carbonyl (C=O) groups excluding carboxylic acids is 2. The molecule has 4 rings (SSSR count). The van der Waals surface area contributed by atoms with Gasteiger partial charge < -0.3 is 15.1 Å². The number of likely N-dealkylation sites (tertiary alicyclic amines) is 1. The van der Waals surface area contributed by atoms with Gasteiger partial charge in [0.25, 0.3) is 0 Å². The predicted octanol–water partition coefficient (Wildman–Crippen LogP) is 2.52. The van der Waals surface area contributed by atoms with Crippen LogP contribution in [0.15, 0.2) is 24.3 Å². The zero-order chi connectivity index (χ0) is 18.1. The number of anilines is 1. The summed E-state index contributed by atoms with van der Waals surface area (Å²) in [6, 6.07) is 8.31. The maximum absolute atomic E-state index is 13.4. The van der Waals surface area contributed by atoms with Crippen molar-refractivity contribution in [2.24, 2.45) is 5.41 Å². The zero-order valence-corrected chi connectivity index (χ0v) is 15.7. The van der Waals surface area contributed by atoms with Gasteiger partial charge in [0.05, 0.1) is 5.41 Å². The SMILES string of the molecule is CC1(C(=O)N2CC(CCN3CCCC3=O)c3ccccc32)CCCNC1. The van der Waals surface area contributed by atoms with Crippen molar-refractivity contribution in [3.63, 3.8) is 0 Å². The lowest BCUT2D eigenvalue weighted by atomic mass is 9.81. The fraction of sp³-hybridized carbons (Fsp3) is 0.619. The van der Waals surface area contributed by atoms with Gasteiger partial charge in [0.15, 0.2) is 0 Å².